The van der Waals surface area contributed by atoms with Crippen LogP contribution in [-0.2, 0) is 9.53 Å². The quantitative estimate of drug-likeness (QED) is 0.446. The van der Waals surface area contributed by atoms with Gasteiger partial charge in [0.25, 0.3) is 5.91 Å². The number of rotatable bonds is 3. The predicted octanol–water partition coefficient (Wildman–Crippen LogP) is 3.02. The van der Waals surface area contributed by atoms with Crippen LogP contribution in [0.15, 0.2) is 36.4 Å². The van der Waals surface area contributed by atoms with Crippen LogP contribution in [0.3, 0.4) is 0 Å². The van der Waals surface area contributed by atoms with Gasteiger partial charge in [0, 0.05) is 16.2 Å². The number of piperidine rings is 1. The largest absolute Gasteiger partial charge is 0.466 e. The molecule has 1 saturated heterocycles. The average Bonchev–Trinajstić information content (AvgIpc) is 2.52. The Morgan fingerprint density at radius 1 is 1.33 bits per heavy atom. The molecule has 1 aromatic carbocycles. The first-order chi connectivity index (χ1) is 10.1. The second-order valence-corrected chi connectivity index (χ2v) is 6.09. The number of ether oxygens (including phenoxy) is 1. The lowest BCUT2D eigenvalue weighted by atomic mass is 10.0. The summed E-state index contributed by atoms with van der Waals surface area (Å²) in [6, 6.07) is 7.53. The number of carbonyl (C=O) groups is 2. The van der Waals surface area contributed by atoms with E-state index in [-0.39, 0.29) is 17.9 Å². The molecule has 1 unspecified atom stereocenters. The number of nitrogens with zero attached hydrogens (tertiary/aromatic N) is 1. The third-order valence-corrected chi connectivity index (χ3v) is 4.51. The van der Waals surface area contributed by atoms with Crippen LogP contribution in [0.2, 0.25) is 0 Å². The Kier molecular flexibility index (Phi) is 5.78. The lowest BCUT2D eigenvalue weighted by Crippen LogP contribution is -2.43. The van der Waals surface area contributed by atoms with Crippen molar-refractivity contribution < 1.29 is 14.3 Å². The number of benzene rings is 1. The highest BCUT2D eigenvalue weighted by molar-refractivity contribution is 14.1. The molecule has 2 rings (SSSR count). The number of hydrogen-bond acceptors (Lipinski definition) is 3. The van der Waals surface area contributed by atoms with Crippen molar-refractivity contribution >= 4 is 34.5 Å². The molecule has 0 saturated carbocycles. The normalized spacial score (nSPS) is 18.8. The molecule has 0 radical (unpaired) electrons. The minimum atomic E-state index is -0.387. The van der Waals surface area contributed by atoms with Gasteiger partial charge in [-0.05, 0) is 54.0 Å². The number of methoxy groups -OCH3 is 1. The van der Waals surface area contributed by atoms with Crippen molar-refractivity contribution in [2.24, 2.45) is 0 Å². The first kappa shape index (κ1) is 16.0. The van der Waals surface area contributed by atoms with E-state index in [0.29, 0.717) is 0 Å². The van der Waals surface area contributed by atoms with Gasteiger partial charge >= 0.3 is 5.97 Å². The Morgan fingerprint density at radius 3 is 2.81 bits per heavy atom. The topological polar surface area (TPSA) is 46.6 Å². The van der Waals surface area contributed by atoms with Gasteiger partial charge in [0.2, 0.25) is 0 Å². The maximum atomic E-state index is 12.7. The summed E-state index contributed by atoms with van der Waals surface area (Å²) in [7, 11) is 1.35. The van der Waals surface area contributed by atoms with Crippen molar-refractivity contribution in [1.82, 2.24) is 4.90 Å². The van der Waals surface area contributed by atoms with Gasteiger partial charge < -0.3 is 9.64 Å². The molecule has 1 aliphatic rings. The molecule has 0 N–H and O–H groups in total. The fourth-order valence-corrected chi connectivity index (χ4v) is 3.07. The summed E-state index contributed by atoms with van der Waals surface area (Å²) in [5.41, 5.74) is 0.719. The number of hydrogen-bond donors (Lipinski definition) is 0. The number of esters is 1. The zero-order valence-electron chi connectivity index (χ0n) is 11.9. The molecule has 0 spiro atoms. The Bertz CT molecular complexity index is 556. The molecule has 1 atom stereocenters. The summed E-state index contributed by atoms with van der Waals surface area (Å²) < 4.78 is 5.56. The molecule has 0 aliphatic carbocycles. The summed E-state index contributed by atoms with van der Waals surface area (Å²) in [4.78, 5) is 25.8. The van der Waals surface area contributed by atoms with E-state index in [9.17, 15) is 9.59 Å². The Morgan fingerprint density at radius 2 is 2.10 bits per heavy atom. The molecule has 1 heterocycles. The van der Waals surface area contributed by atoms with Gasteiger partial charge in [-0.1, -0.05) is 18.2 Å². The van der Waals surface area contributed by atoms with Crippen molar-refractivity contribution in [2.45, 2.75) is 25.3 Å². The van der Waals surface area contributed by atoms with Crippen molar-refractivity contribution in [2.75, 3.05) is 13.7 Å². The molecular weight excluding hydrogens is 381 g/mol. The highest BCUT2D eigenvalue weighted by atomic mass is 127. The molecule has 0 bridgehead atoms. The van der Waals surface area contributed by atoms with Crippen LogP contribution in [0.4, 0.5) is 0 Å². The van der Waals surface area contributed by atoms with Crippen LogP contribution in [0.25, 0.3) is 0 Å². The van der Waals surface area contributed by atoms with Crippen LogP contribution in [0, 0.1) is 3.57 Å². The second kappa shape index (κ2) is 7.59. The smallest absolute Gasteiger partial charge is 0.330 e. The van der Waals surface area contributed by atoms with Crippen LogP contribution in [0.5, 0.6) is 0 Å². The highest BCUT2D eigenvalue weighted by Gasteiger charge is 2.26. The highest BCUT2D eigenvalue weighted by Crippen LogP contribution is 2.22. The predicted molar refractivity (Wildman–Crippen MR) is 89.0 cm³/mol. The summed E-state index contributed by atoms with van der Waals surface area (Å²) in [6.45, 7) is 0.722. The van der Waals surface area contributed by atoms with E-state index in [1.807, 2.05) is 29.2 Å². The van der Waals surface area contributed by atoms with Gasteiger partial charge in [0.15, 0.2) is 0 Å². The van der Waals surface area contributed by atoms with E-state index in [1.165, 1.54) is 13.2 Å². The van der Waals surface area contributed by atoms with Gasteiger partial charge in [0.1, 0.15) is 0 Å². The van der Waals surface area contributed by atoms with Gasteiger partial charge in [-0.2, -0.15) is 0 Å². The molecule has 4 nitrogen and oxygen atoms in total. The summed E-state index contributed by atoms with van der Waals surface area (Å²) in [6.07, 6.45) is 6.12. The molecule has 5 heteroatoms. The van der Waals surface area contributed by atoms with Crippen molar-refractivity contribution in [3.8, 4) is 0 Å². The zero-order valence-corrected chi connectivity index (χ0v) is 14.1. The number of carbonyl (C=O) groups excluding carboxylic acids is 2. The maximum absolute atomic E-state index is 12.7. The lowest BCUT2D eigenvalue weighted by molar-refractivity contribution is -0.134. The molecular formula is C16H18INO3. The van der Waals surface area contributed by atoms with E-state index in [4.69, 9.17) is 0 Å². The molecule has 112 valence electrons. The lowest BCUT2D eigenvalue weighted by Gasteiger charge is -2.34. The van der Waals surface area contributed by atoms with Crippen LogP contribution >= 0.6 is 22.6 Å². The van der Waals surface area contributed by atoms with E-state index in [1.54, 1.807) is 6.08 Å². The van der Waals surface area contributed by atoms with Gasteiger partial charge in [-0.15, -0.1) is 0 Å². The van der Waals surface area contributed by atoms with Gasteiger partial charge in [0.05, 0.1) is 18.7 Å². The minimum absolute atomic E-state index is 0.0271. The summed E-state index contributed by atoms with van der Waals surface area (Å²) in [5, 5.41) is 0. The second-order valence-electron chi connectivity index (χ2n) is 4.92. The van der Waals surface area contributed by atoms with Gasteiger partial charge in [-0.25, -0.2) is 4.79 Å². The van der Waals surface area contributed by atoms with Crippen molar-refractivity contribution in [1.29, 1.82) is 0 Å². The first-order valence-corrected chi connectivity index (χ1v) is 8.03. The molecule has 1 aromatic rings. The van der Waals surface area contributed by atoms with E-state index in [0.717, 1.165) is 34.9 Å². The van der Waals surface area contributed by atoms with E-state index >= 15 is 0 Å². The molecule has 21 heavy (non-hydrogen) atoms. The summed E-state index contributed by atoms with van der Waals surface area (Å²) >= 11 is 2.18. The van der Waals surface area contributed by atoms with Crippen LogP contribution < -0.4 is 0 Å². The number of halogens is 1. The van der Waals surface area contributed by atoms with Crippen LogP contribution in [-0.4, -0.2) is 36.5 Å². The van der Waals surface area contributed by atoms with Crippen molar-refractivity contribution in [3.05, 3.63) is 45.6 Å². The fraction of sp³-hybridized carbons (Fsp3) is 0.375. The van der Waals surface area contributed by atoms with E-state index < -0.39 is 0 Å². The Labute approximate surface area is 138 Å². The van der Waals surface area contributed by atoms with Crippen LogP contribution in [0.1, 0.15) is 29.6 Å². The van der Waals surface area contributed by atoms with E-state index in [2.05, 4.69) is 27.3 Å². The number of likely N-dealkylation sites (tertiary alicyclic amines) is 1. The van der Waals surface area contributed by atoms with Crippen molar-refractivity contribution in [3.63, 3.8) is 0 Å². The maximum Gasteiger partial charge on any atom is 0.330 e. The fourth-order valence-electron chi connectivity index (χ4n) is 2.46. The standard InChI is InChI=1S/C16H18INO3/c1-21-15(19)10-9-12-6-4-5-11-18(12)16(20)13-7-2-3-8-14(13)17/h2-3,7-10,12H,4-6,11H2,1H3/b10-9+. The minimum Gasteiger partial charge on any atom is -0.466 e. The summed E-state index contributed by atoms with van der Waals surface area (Å²) in [5.74, 6) is -0.360. The first-order valence-electron chi connectivity index (χ1n) is 6.95. The molecule has 0 aromatic heterocycles. The molecule has 1 fully saturated rings. The Balaban J connectivity index is 2.18. The number of amides is 1. The third-order valence-electron chi connectivity index (χ3n) is 3.57. The molecule has 1 aliphatic heterocycles. The third kappa shape index (κ3) is 4.06. The monoisotopic (exact) mass is 399 g/mol. The SMILES string of the molecule is COC(=O)/C=C/C1CCCCN1C(=O)c1ccccc1I. The van der Waals surface area contributed by atoms with Gasteiger partial charge in [-0.3, -0.25) is 4.79 Å². The average molecular weight is 399 g/mol. The molecule has 1 amide bonds. The Hall–Kier alpha value is -1.37. The zero-order chi connectivity index (χ0) is 15.2.